The second-order valence-electron chi connectivity index (χ2n) is 10.6. The molecule has 8 aromatic rings. The van der Waals surface area contributed by atoms with Crippen molar-refractivity contribution in [2.45, 2.75) is 13.1 Å². The fourth-order valence-electron chi connectivity index (χ4n) is 6.14. The van der Waals surface area contributed by atoms with Gasteiger partial charge in [-0.05, 0) is 58.7 Å². The Morgan fingerprint density at radius 1 is 0.512 bits per heavy atom. The summed E-state index contributed by atoms with van der Waals surface area (Å²) in [6.45, 7) is 1.69. The third-order valence-corrected chi connectivity index (χ3v) is 8.08. The lowest BCUT2D eigenvalue weighted by atomic mass is 9.98. The molecule has 0 saturated heterocycles. The first-order valence-electron chi connectivity index (χ1n) is 14.1. The zero-order chi connectivity index (χ0) is 27.2. The maximum Gasteiger partial charge on any atom is 0.136 e. The van der Waals surface area contributed by atoms with Crippen LogP contribution in [0.3, 0.4) is 0 Å². The smallest absolute Gasteiger partial charge is 0.136 e. The van der Waals surface area contributed by atoms with Crippen molar-refractivity contribution in [1.29, 1.82) is 0 Å². The quantitative estimate of drug-likeness (QED) is 0.233. The largest absolute Gasteiger partial charge is 0.456 e. The summed E-state index contributed by atoms with van der Waals surface area (Å²) in [7, 11) is 0. The van der Waals surface area contributed by atoms with Crippen molar-refractivity contribution in [3.63, 3.8) is 0 Å². The maximum atomic E-state index is 6.20. The van der Waals surface area contributed by atoms with Gasteiger partial charge in [-0.15, -0.1) is 0 Å². The molecule has 3 nitrogen and oxygen atoms in total. The minimum absolute atomic E-state index is 0.829. The number of para-hydroxylation sites is 2. The molecule has 0 unspecified atom stereocenters. The zero-order valence-corrected chi connectivity index (χ0v) is 22.5. The highest BCUT2D eigenvalue weighted by molar-refractivity contribution is 6.14. The van der Waals surface area contributed by atoms with E-state index in [0.717, 1.165) is 40.7 Å². The molecule has 0 spiro atoms. The molecule has 0 bridgehead atoms. The molecule has 0 atom stereocenters. The van der Waals surface area contributed by atoms with Crippen molar-refractivity contribution < 1.29 is 4.42 Å². The third kappa shape index (κ3) is 4.10. The van der Waals surface area contributed by atoms with Crippen LogP contribution >= 0.6 is 0 Å². The maximum absolute atomic E-state index is 6.20. The van der Waals surface area contributed by atoms with E-state index < -0.39 is 0 Å². The van der Waals surface area contributed by atoms with Gasteiger partial charge in [-0.1, -0.05) is 103 Å². The molecule has 3 heteroatoms. The van der Waals surface area contributed by atoms with Gasteiger partial charge < -0.3 is 14.3 Å². The van der Waals surface area contributed by atoms with Crippen LogP contribution in [-0.4, -0.2) is 4.57 Å². The molecular formula is C38H28N2O. The van der Waals surface area contributed by atoms with Gasteiger partial charge in [0.2, 0.25) is 0 Å². The fraction of sp³-hybridized carbons (Fsp3) is 0.0526. The van der Waals surface area contributed by atoms with Crippen molar-refractivity contribution in [2.75, 3.05) is 0 Å². The number of furan rings is 1. The molecule has 2 aromatic heterocycles. The van der Waals surface area contributed by atoms with Gasteiger partial charge in [0.05, 0.1) is 11.0 Å². The molecule has 0 fully saturated rings. The van der Waals surface area contributed by atoms with Crippen molar-refractivity contribution in [3.8, 4) is 16.8 Å². The SMILES string of the molecule is c1ccc(CNCc2ccc(-n3c4ccccc4c4ccc(-c5cccc6oc7ccccc7c56)cc43)cc2)cc1. The number of nitrogens with one attached hydrogen (secondary N) is 1. The summed E-state index contributed by atoms with van der Waals surface area (Å²) in [4.78, 5) is 0. The molecule has 196 valence electrons. The van der Waals surface area contributed by atoms with E-state index in [1.165, 1.54) is 44.1 Å². The highest BCUT2D eigenvalue weighted by Crippen LogP contribution is 2.39. The molecule has 0 amide bonds. The number of hydrogen-bond donors (Lipinski definition) is 1. The molecule has 8 rings (SSSR count). The van der Waals surface area contributed by atoms with Crippen molar-refractivity contribution in [3.05, 3.63) is 151 Å². The van der Waals surface area contributed by atoms with E-state index in [1.54, 1.807) is 0 Å². The molecule has 2 heterocycles. The molecule has 0 aliphatic rings. The van der Waals surface area contributed by atoms with E-state index >= 15 is 0 Å². The number of hydrogen-bond acceptors (Lipinski definition) is 2. The van der Waals surface area contributed by atoms with Gasteiger partial charge >= 0.3 is 0 Å². The summed E-state index contributed by atoms with van der Waals surface area (Å²) < 4.78 is 8.59. The summed E-state index contributed by atoms with van der Waals surface area (Å²) in [5, 5.41) is 8.39. The normalized spacial score (nSPS) is 11.7. The Labute approximate surface area is 238 Å². The molecule has 0 aliphatic carbocycles. The van der Waals surface area contributed by atoms with Crippen molar-refractivity contribution in [2.24, 2.45) is 0 Å². The molecular weight excluding hydrogens is 500 g/mol. The molecule has 0 radical (unpaired) electrons. The van der Waals surface area contributed by atoms with E-state index in [1.807, 2.05) is 12.1 Å². The fourth-order valence-corrected chi connectivity index (χ4v) is 6.14. The topological polar surface area (TPSA) is 30.1 Å². The lowest BCUT2D eigenvalue weighted by Crippen LogP contribution is -2.12. The Bertz CT molecular complexity index is 2170. The Morgan fingerprint density at radius 2 is 1.20 bits per heavy atom. The van der Waals surface area contributed by atoms with Gasteiger partial charge in [-0.25, -0.2) is 0 Å². The van der Waals surface area contributed by atoms with Crippen LogP contribution in [0.4, 0.5) is 0 Å². The monoisotopic (exact) mass is 528 g/mol. The van der Waals surface area contributed by atoms with E-state index in [9.17, 15) is 0 Å². The molecule has 1 N–H and O–H groups in total. The standard InChI is InChI=1S/C38H28N2O/c1-2-9-26(10-3-1)24-39-25-27-17-20-29(21-18-27)40-34-14-6-4-11-31(34)32-22-19-28(23-35(32)40)30-13-8-16-37-38(30)33-12-5-7-15-36(33)41-37/h1-23,39H,24-25H2. The number of aromatic nitrogens is 1. The number of rotatable bonds is 6. The minimum atomic E-state index is 0.829. The van der Waals surface area contributed by atoms with Crippen LogP contribution in [0, 0.1) is 0 Å². The summed E-state index contributed by atoms with van der Waals surface area (Å²) >= 11 is 0. The number of nitrogens with zero attached hydrogens (tertiary/aromatic N) is 1. The average molecular weight is 529 g/mol. The van der Waals surface area contributed by atoms with Crippen molar-refractivity contribution >= 4 is 43.7 Å². The highest BCUT2D eigenvalue weighted by atomic mass is 16.3. The number of benzene rings is 6. The molecule has 0 aliphatic heterocycles. The summed E-state index contributed by atoms with van der Waals surface area (Å²) in [5.74, 6) is 0. The van der Waals surface area contributed by atoms with Crippen LogP contribution in [0.5, 0.6) is 0 Å². The lowest BCUT2D eigenvalue weighted by Gasteiger charge is -2.11. The van der Waals surface area contributed by atoms with Gasteiger partial charge in [0, 0.05) is 40.3 Å². The van der Waals surface area contributed by atoms with Crippen LogP contribution in [0.25, 0.3) is 60.6 Å². The second kappa shape index (κ2) is 9.81. The predicted octanol–water partition coefficient (Wildman–Crippen LogP) is 9.64. The highest BCUT2D eigenvalue weighted by Gasteiger charge is 2.16. The van der Waals surface area contributed by atoms with E-state index in [0.29, 0.717) is 0 Å². The van der Waals surface area contributed by atoms with Gasteiger partial charge in [0.1, 0.15) is 11.2 Å². The first-order valence-corrected chi connectivity index (χ1v) is 14.1. The van der Waals surface area contributed by atoms with Gasteiger partial charge in [0.25, 0.3) is 0 Å². The van der Waals surface area contributed by atoms with Crippen molar-refractivity contribution in [1.82, 2.24) is 9.88 Å². The van der Waals surface area contributed by atoms with Gasteiger partial charge in [-0.2, -0.15) is 0 Å². The zero-order valence-electron chi connectivity index (χ0n) is 22.5. The van der Waals surface area contributed by atoms with Crippen LogP contribution in [0.2, 0.25) is 0 Å². The molecule has 6 aromatic carbocycles. The third-order valence-electron chi connectivity index (χ3n) is 8.08. The van der Waals surface area contributed by atoms with Gasteiger partial charge in [0.15, 0.2) is 0 Å². The summed E-state index contributed by atoms with van der Waals surface area (Å²) in [6, 6.07) is 49.7. The van der Waals surface area contributed by atoms with E-state index in [2.05, 4.69) is 137 Å². The predicted molar refractivity (Wildman–Crippen MR) is 170 cm³/mol. The lowest BCUT2D eigenvalue weighted by molar-refractivity contribution is 0.669. The molecule has 41 heavy (non-hydrogen) atoms. The molecule has 0 saturated carbocycles. The minimum Gasteiger partial charge on any atom is -0.456 e. The number of fused-ring (bicyclic) bond motifs is 6. The Hall–Kier alpha value is -5.12. The van der Waals surface area contributed by atoms with Crippen LogP contribution in [0.15, 0.2) is 144 Å². The van der Waals surface area contributed by atoms with Gasteiger partial charge in [-0.3, -0.25) is 0 Å². The first-order chi connectivity index (χ1) is 20.3. The summed E-state index contributed by atoms with van der Waals surface area (Å²) in [6.07, 6.45) is 0. The van der Waals surface area contributed by atoms with E-state index in [4.69, 9.17) is 4.42 Å². The summed E-state index contributed by atoms with van der Waals surface area (Å²) in [5.41, 5.74) is 10.3. The van der Waals surface area contributed by atoms with Crippen LogP contribution in [0.1, 0.15) is 11.1 Å². The first kappa shape index (κ1) is 23.7. The Kier molecular flexibility index (Phi) is 5.68. The van der Waals surface area contributed by atoms with Crippen LogP contribution in [-0.2, 0) is 13.1 Å². The van der Waals surface area contributed by atoms with E-state index in [-0.39, 0.29) is 0 Å². The van der Waals surface area contributed by atoms with Crippen LogP contribution < -0.4 is 5.32 Å². The second-order valence-corrected chi connectivity index (χ2v) is 10.6. The Morgan fingerprint density at radius 3 is 2.05 bits per heavy atom. The Balaban J connectivity index is 1.22. The average Bonchev–Trinajstić information content (AvgIpc) is 3.57.